The molecule has 1 unspecified atom stereocenters. The number of pyridine rings is 1. The first-order chi connectivity index (χ1) is 8.56. The van der Waals surface area contributed by atoms with E-state index < -0.39 is 6.10 Å². The van der Waals surface area contributed by atoms with Crippen LogP contribution in [-0.4, -0.2) is 10.1 Å². The Morgan fingerprint density at radius 3 is 2.50 bits per heavy atom. The van der Waals surface area contributed by atoms with E-state index in [0.29, 0.717) is 11.4 Å². The summed E-state index contributed by atoms with van der Waals surface area (Å²) in [4.78, 5) is 4.32. The van der Waals surface area contributed by atoms with Gasteiger partial charge in [-0.15, -0.1) is 0 Å². The Labute approximate surface area is 112 Å². The maximum Gasteiger partial charge on any atom is 0.100 e. The van der Waals surface area contributed by atoms with Gasteiger partial charge in [-0.25, -0.2) is 0 Å². The minimum absolute atomic E-state index is 0.550. The highest BCUT2D eigenvalue weighted by Crippen LogP contribution is 2.21. The van der Waals surface area contributed by atoms with Crippen LogP contribution in [0, 0.1) is 13.8 Å². The third-order valence-electron chi connectivity index (χ3n) is 2.91. The second kappa shape index (κ2) is 5.51. The molecule has 0 aliphatic rings. The molecule has 94 valence electrons. The van der Waals surface area contributed by atoms with E-state index in [4.69, 9.17) is 11.6 Å². The summed E-state index contributed by atoms with van der Waals surface area (Å²) >= 11 is 5.83. The summed E-state index contributed by atoms with van der Waals surface area (Å²) in [7, 11) is 0. The third kappa shape index (κ3) is 3.09. The summed E-state index contributed by atoms with van der Waals surface area (Å²) in [5.41, 5.74) is 3.93. The minimum atomic E-state index is -0.577. The summed E-state index contributed by atoms with van der Waals surface area (Å²) in [6.45, 7) is 3.97. The number of hydrogen-bond donors (Lipinski definition) is 1. The van der Waals surface area contributed by atoms with Crippen molar-refractivity contribution >= 4 is 11.6 Å². The largest absolute Gasteiger partial charge is 0.386 e. The number of benzene rings is 1. The first-order valence-electron chi connectivity index (χ1n) is 5.92. The van der Waals surface area contributed by atoms with Gasteiger partial charge in [0.25, 0.3) is 0 Å². The predicted molar refractivity (Wildman–Crippen MR) is 73.8 cm³/mol. The van der Waals surface area contributed by atoms with Crippen molar-refractivity contribution in [3.63, 3.8) is 0 Å². The van der Waals surface area contributed by atoms with Crippen LogP contribution in [0.25, 0.3) is 0 Å². The molecule has 0 aliphatic carbocycles. The van der Waals surface area contributed by atoms with Crippen molar-refractivity contribution in [3.05, 3.63) is 63.9 Å². The van der Waals surface area contributed by atoms with Crippen molar-refractivity contribution in [2.45, 2.75) is 26.4 Å². The highest BCUT2D eigenvalue weighted by atomic mass is 35.5. The molecule has 3 heteroatoms. The lowest BCUT2D eigenvalue weighted by molar-refractivity contribution is 0.173. The van der Waals surface area contributed by atoms with Gasteiger partial charge in [0.15, 0.2) is 0 Å². The Hall–Kier alpha value is -1.38. The molecule has 18 heavy (non-hydrogen) atoms. The summed E-state index contributed by atoms with van der Waals surface area (Å²) in [6, 6.07) is 9.55. The maximum absolute atomic E-state index is 10.2. The Bertz CT molecular complexity index is 537. The van der Waals surface area contributed by atoms with Gasteiger partial charge in [-0.05, 0) is 42.7 Å². The van der Waals surface area contributed by atoms with E-state index in [1.165, 1.54) is 0 Å². The SMILES string of the molecule is Cc1cnc(C(O)Cc2ccc(Cl)cc2)c(C)c1. The smallest absolute Gasteiger partial charge is 0.100 e. The van der Waals surface area contributed by atoms with Crippen LogP contribution in [0.2, 0.25) is 5.02 Å². The summed E-state index contributed by atoms with van der Waals surface area (Å²) in [5, 5.41) is 10.9. The molecule has 2 nitrogen and oxygen atoms in total. The van der Waals surface area contributed by atoms with E-state index in [1.807, 2.05) is 44.2 Å². The number of hydrogen-bond acceptors (Lipinski definition) is 2. The Morgan fingerprint density at radius 2 is 1.89 bits per heavy atom. The normalized spacial score (nSPS) is 12.4. The van der Waals surface area contributed by atoms with Gasteiger partial charge in [0.05, 0.1) is 5.69 Å². The van der Waals surface area contributed by atoms with Crippen LogP contribution in [0.1, 0.15) is 28.5 Å². The molecule has 0 aliphatic heterocycles. The standard InChI is InChI=1S/C15H16ClNO/c1-10-7-11(2)15(17-9-10)14(18)8-12-3-5-13(16)6-4-12/h3-7,9,14,18H,8H2,1-2H3. The molecular weight excluding hydrogens is 246 g/mol. The van der Waals surface area contributed by atoms with Gasteiger partial charge in [-0.1, -0.05) is 29.8 Å². The molecule has 0 radical (unpaired) electrons. The topological polar surface area (TPSA) is 33.1 Å². The van der Waals surface area contributed by atoms with Gasteiger partial charge < -0.3 is 5.11 Å². The molecule has 2 aromatic rings. The predicted octanol–water partition coefficient (Wildman–Crippen LogP) is 3.63. The van der Waals surface area contributed by atoms with Crippen LogP contribution in [-0.2, 0) is 6.42 Å². The fraction of sp³-hybridized carbons (Fsp3) is 0.267. The van der Waals surface area contributed by atoms with Crippen molar-refractivity contribution in [3.8, 4) is 0 Å². The summed E-state index contributed by atoms with van der Waals surface area (Å²) in [6.07, 6.45) is 1.76. The van der Waals surface area contributed by atoms with Crippen molar-refractivity contribution in [1.82, 2.24) is 4.98 Å². The number of aliphatic hydroxyl groups excluding tert-OH is 1. The summed E-state index contributed by atoms with van der Waals surface area (Å²) in [5.74, 6) is 0. The molecule has 1 N–H and O–H groups in total. The molecule has 0 bridgehead atoms. The van der Waals surface area contributed by atoms with Crippen molar-refractivity contribution < 1.29 is 5.11 Å². The van der Waals surface area contributed by atoms with Gasteiger partial charge in [-0.2, -0.15) is 0 Å². The molecular formula is C15H16ClNO. The average Bonchev–Trinajstić information content (AvgIpc) is 2.32. The molecule has 1 atom stereocenters. The zero-order valence-corrected chi connectivity index (χ0v) is 11.3. The quantitative estimate of drug-likeness (QED) is 0.915. The minimum Gasteiger partial charge on any atom is -0.386 e. The zero-order chi connectivity index (χ0) is 13.1. The molecule has 0 spiro atoms. The number of aliphatic hydroxyl groups is 1. The molecule has 0 fully saturated rings. The summed E-state index contributed by atoms with van der Waals surface area (Å²) < 4.78 is 0. The number of rotatable bonds is 3. The fourth-order valence-corrected chi connectivity index (χ4v) is 2.14. The van der Waals surface area contributed by atoms with Crippen LogP contribution in [0.5, 0.6) is 0 Å². The highest BCUT2D eigenvalue weighted by Gasteiger charge is 2.12. The van der Waals surface area contributed by atoms with E-state index >= 15 is 0 Å². The van der Waals surface area contributed by atoms with Gasteiger partial charge in [0.2, 0.25) is 0 Å². The van der Waals surface area contributed by atoms with Crippen LogP contribution < -0.4 is 0 Å². The molecule has 0 amide bonds. The zero-order valence-electron chi connectivity index (χ0n) is 10.5. The Morgan fingerprint density at radius 1 is 1.22 bits per heavy atom. The van der Waals surface area contributed by atoms with Crippen LogP contribution >= 0.6 is 11.6 Å². The lowest BCUT2D eigenvalue weighted by atomic mass is 10.0. The van der Waals surface area contributed by atoms with Gasteiger partial charge >= 0.3 is 0 Å². The lowest BCUT2D eigenvalue weighted by Gasteiger charge is -2.13. The Kier molecular flexibility index (Phi) is 4.00. The van der Waals surface area contributed by atoms with Gasteiger partial charge in [-0.3, -0.25) is 4.98 Å². The molecule has 1 heterocycles. The fourth-order valence-electron chi connectivity index (χ4n) is 2.02. The number of halogens is 1. The van der Waals surface area contributed by atoms with Crippen LogP contribution in [0.4, 0.5) is 0 Å². The molecule has 1 aromatic carbocycles. The highest BCUT2D eigenvalue weighted by molar-refractivity contribution is 6.30. The molecule has 2 rings (SSSR count). The number of nitrogens with zero attached hydrogens (tertiary/aromatic N) is 1. The second-order valence-electron chi connectivity index (χ2n) is 4.56. The van der Waals surface area contributed by atoms with E-state index in [-0.39, 0.29) is 0 Å². The average molecular weight is 262 g/mol. The van der Waals surface area contributed by atoms with E-state index in [2.05, 4.69) is 4.98 Å². The first-order valence-corrected chi connectivity index (χ1v) is 6.29. The second-order valence-corrected chi connectivity index (χ2v) is 5.00. The molecule has 1 aromatic heterocycles. The van der Waals surface area contributed by atoms with Gasteiger partial charge in [0, 0.05) is 17.6 Å². The third-order valence-corrected chi connectivity index (χ3v) is 3.17. The lowest BCUT2D eigenvalue weighted by Crippen LogP contribution is -2.06. The van der Waals surface area contributed by atoms with E-state index in [0.717, 1.165) is 22.4 Å². The molecule has 0 saturated carbocycles. The van der Waals surface area contributed by atoms with Gasteiger partial charge in [0.1, 0.15) is 6.10 Å². The number of aromatic nitrogens is 1. The van der Waals surface area contributed by atoms with E-state index in [9.17, 15) is 5.11 Å². The maximum atomic E-state index is 10.2. The van der Waals surface area contributed by atoms with Crippen molar-refractivity contribution in [2.75, 3.05) is 0 Å². The first kappa shape index (κ1) is 13.1. The van der Waals surface area contributed by atoms with Crippen molar-refractivity contribution in [1.29, 1.82) is 0 Å². The van der Waals surface area contributed by atoms with Crippen LogP contribution in [0.15, 0.2) is 36.5 Å². The molecule has 0 saturated heterocycles. The van der Waals surface area contributed by atoms with Crippen LogP contribution in [0.3, 0.4) is 0 Å². The van der Waals surface area contributed by atoms with Crippen molar-refractivity contribution in [2.24, 2.45) is 0 Å². The Balaban J connectivity index is 2.16. The van der Waals surface area contributed by atoms with E-state index in [1.54, 1.807) is 6.20 Å². The number of aryl methyl sites for hydroxylation is 2. The monoisotopic (exact) mass is 261 g/mol.